The molecular formula is C17H15FN6O. The Bertz CT molecular complexity index is 1070. The first-order valence-corrected chi connectivity index (χ1v) is 7.55. The third kappa shape index (κ3) is 2.26. The first-order chi connectivity index (χ1) is 12.0. The number of aryl methyl sites for hydroxylation is 1. The molecule has 0 fully saturated rings. The first kappa shape index (κ1) is 15.0. The Labute approximate surface area is 141 Å². The Balaban J connectivity index is 1.99. The molecule has 0 spiro atoms. The van der Waals surface area contributed by atoms with E-state index in [-0.39, 0.29) is 11.4 Å². The van der Waals surface area contributed by atoms with E-state index in [2.05, 4.69) is 21.0 Å². The smallest absolute Gasteiger partial charge is 0.268 e. The molecule has 0 saturated heterocycles. The van der Waals surface area contributed by atoms with Gasteiger partial charge < -0.3 is 11.5 Å². The fourth-order valence-electron chi connectivity index (χ4n) is 3.08. The summed E-state index contributed by atoms with van der Waals surface area (Å²) in [6.07, 6.45) is 1.73. The summed E-state index contributed by atoms with van der Waals surface area (Å²) in [6, 6.07) is 6.56. The third-order valence-electron chi connectivity index (χ3n) is 4.30. The second kappa shape index (κ2) is 5.23. The zero-order chi connectivity index (χ0) is 17.7. The molecule has 0 aliphatic carbocycles. The highest BCUT2D eigenvalue weighted by Crippen LogP contribution is 2.39. The quantitative estimate of drug-likeness (QED) is 0.487. The van der Waals surface area contributed by atoms with E-state index in [4.69, 9.17) is 11.5 Å². The molecule has 126 valence electrons. The number of hydrogen-bond acceptors (Lipinski definition) is 5. The van der Waals surface area contributed by atoms with Crippen molar-refractivity contribution in [1.82, 2.24) is 15.6 Å². The van der Waals surface area contributed by atoms with Crippen LogP contribution < -0.4 is 22.3 Å². The highest BCUT2D eigenvalue weighted by molar-refractivity contribution is 6.03. The molecule has 1 amide bonds. The summed E-state index contributed by atoms with van der Waals surface area (Å²) in [5.41, 5.74) is 21.2. The van der Waals surface area contributed by atoms with Gasteiger partial charge in [-0.15, -0.1) is 0 Å². The third-order valence-corrected chi connectivity index (χ3v) is 4.30. The number of fused-ring (bicyclic) bond motifs is 2. The maximum atomic E-state index is 14.3. The summed E-state index contributed by atoms with van der Waals surface area (Å²) in [6.45, 7) is 1.93. The molecule has 0 radical (unpaired) electrons. The van der Waals surface area contributed by atoms with Gasteiger partial charge in [0.05, 0.1) is 23.1 Å². The van der Waals surface area contributed by atoms with Gasteiger partial charge in [0.2, 0.25) is 0 Å². The van der Waals surface area contributed by atoms with Crippen LogP contribution in [0.25, 0.3) is 27.7 Å². The molecule has 7 N–H and O–H groups in total. The van der Waals surface area contributed by atoms with E-state index in [1.807, 2.05) is 19.1 Å². The van der Waals surface area contributed by atoms with Crippen molar-refractivity contribution in [3.8, 4) is 11.1 Å². The largest absolute Gasteiger partial charge is 0.396 e. The second-order valence-corrected chi connectivity index (χ2v) is 5.90. The number of hydrogen-bond donors (Lipinski definition) is 5. The standard InChI is InChI=1S/C17H15FN6O/c1-7-2-8-6-21-22-13(8)5-10(7)11-3-9(18)4-12-14(19)16(17(20)25)24-23-15(11)12/h2-6,23-24H,19H2,1H3,(H2,20,25)(H,21,22). The number of rotatable bonds is 2. The number of nitrogens with one attached hydrogen (secondary N) is 3. The van der Waals surface area contributed by atoms with E-state index in [9.17, 15) is 9.18 Å². The Morgan fingerprint density at radius 1 is 1.12 bits per heavy atom. The number of benzene rings is 2. The maximum Gasteiger partial charge on any atom is 0.268 e. The van der Waals surface area contributed by atoms with Gasteiger partial charge in [-0.2, -0.15) is 5.10 Å². The van der Waals surface area contributed by atoms with Crippen molar-refractivity contribution in [3.63, 3.8) is 0 Å². The number of primary amides is 1. The van der Waals surface area contributed by atoms with Crippen LogP contribution in [-0.2, 0) is 4.79 Å². The van der Waals surface area contributed by atoms with Crippen LogP contribution in [0.2, 0.25) is 0 Å². The minimum absolute atomic E-state index is 0.00444. The lowest BCUT2D eigenvalue weighted by atomic mass is 9.93. The van der Waals surface area contributed by atoms with Crippen molar-refractivity contribution in [2.24, 2.45) is 11.5 Å². The van der Waals surface area contributed by atoms with E-state index in [1.54, 1.807) is 6.20 Å². The van der Waals surface area contributed by atoms with Crippen molar-refractivity contribution in [3.05, 3.63) is 53.1 Å². The number of H-pyrrole nitrogens is 1. The topological polar surface area (TPSA) is 122 Å². The van der Waals surface area contributed by atoms with Gasteiger partial charge in [-0.05, 0) is 42.3 Å². The number of aromatic nitrogens is 2. The summed E-state index contributed by atoms with van der Waals surface area (Å²) in [4.78, 5) is 11.5. The summed E-state index contributed by atoms with van der Waals surface area (Å²) in [5, 5.41) is 7.89. The lowest BCUT2D eigenvalue weighted by Gasteiger charge is -2.25. The van der Waals surface area contributed by atoms with E-state index in [0.717, 1.165) is 22.0 Å². The average Bonchev–Trinajstić information content (AvgIpc) is 3.01. The van der Waals surface area contributed by atoms with Crippen LogP contribution in [0.4, 0.5) is 10.1 Å². The molecule has 1 aromatic heterocycles. The average molecular weight is 338 g/mol. The minimum Gasteiger partial charge on any atom is -0.396 e. The van der Waals surface area contributed by atoms with Gasteiger partial charge >= 0.3 is 0 Å². The van der Waals surface area contributed by atoms with Crippen LogP contribution in [0, 0.1) is 12.7 Å². The molecule has 7 nitrogen and oxygen atoms in total. The molecule has 3 aromatic rings. The van der Waals surface area contributed by atoms with E-state index in [0.29, 0.717) is 16.8 Å². The highest BCUT2D eigenvalue weighted by Gasteiger charge is 2.24. The lowest BCUT2D eigenvalue weighted by Crippen LogP contribution is -2.36. The van der Waals surface area contributed by atoms with E-state index >= 15 is 0 Å². The molecule has 0 saturated carbocycles. The monoisotopic (exact) mass is 338 g/mol. The number of nitrogens with two attached hydrogens (primary N) is 2. The van der Waals surface area contributed by atoms with Gasteiger partial charge in [-0.3, -0.25) is 20.7 Å². The van der Waals surface area contributed by atoms with Gasteiger partial charge in [0.25, 0.3) is 5.91 Å². The van der Waals surface area contributed by atoms with E-state index < -0.39 is 11.7 Å². The van der Waals surface area contributed by atoms with Gasteiger partial charge in [0, 0.05) is 16.5 Å². The lowest BCUT2D eigenvalue weighted by molar-refractivity contribution is -0.114. The predicted molar refractivity (Wildman–Crippen MR) is 93.3 cm³/mol. The Kier molecular flexibility index (Phi) is 3.14. The molecular weight excluding hydrogens is 323 g/mol. The minimum atomic E-state index is -0.725. The molecule has 2 heterocycles. The summed E-state index contributed by atoms with van der Waals surface area (Å²) in [5.74, 6) is -1.19. The second-order valence-electron chi connectivity index (χ2n) is 5.90. The zero-order valence-corrected chi connectivity index (χ0v) is 13.3. The van der Waals surface area contributed by atoms with Crippen molar-refractivity contribution in [2.75, 3.05) is 5.43 Å². The molecule has 1 aliphatic rings. The maximum absolute atomic E-state index is 14.3. The number of hydrazine groups is 1. The first-order valence-electron chi connectivity index (χ1n) is 7.55. The number of carbonyl (C=O) groups excluding carboxylic acids is 1. The number of carbonyl (C=O) groups is 1. The summed E-state index contributed by atoms with van der Waals surface area (Å²) < 4.78 is 14.3. The van der Waals surface area contributed by atoms with Crippen LogP contribution in [0.15, 0.2) is 36.2 Å². The van der Waals surface area contributed by atoms with Crippen LogP contribution in [0.1, 0.15) is 11.1 Å². The van der Waals surface area contributed by atoms with Crippen molar-refractivity contribution >= 4 is 28.2 Å². The zero-order valence-electron chi connectivity index (χ0n) is 13.3. The number of nitrogens with zero attached hydrogens (tertiary/aromatic N) is 1. The van der Waals surface area contributed by atoms with Crippen molar-refractivity contribution < 1.29 is 9.18 Å². The molecule has 8 heteroatoms. The van der Waals surface area contributed by atoms with Gasteiger partial charge in [0.15, 0.2) is 0 Å². The normalized spacial score (nSPS) is 13.4. The Morgan fingerprint density at radius 2 is 1.88 bits per heavy atom. The summed E-state index contributed by atoms with van der Waals surface area (Å²) in [7, 11) is 0. The summed E-state index contributed by atoms with van der Waals surface area (Å²) >= 11 is 0. The van der Waals surface area contributed by atoms with Crippen molar-refractivity contribution in [1.29, 1.82) is 0 Å². The predicted octanol–water partition coefficient (Wildman–Crippen LogP) is 1.72. The molecule has 0 unspecified atom stereocenters. The fraction of sp³-hybridized carbons (Fsp3) is 0.0588. The SMILES string of the molecule is Cc1cc2cn[nH]c2cc1-c1cc(F)cc2c1NNC(C(N)=O)=C2N. The van der Waals surface area contributed by atoms with Gasteiger partial charge in [-0.25, -0.2) is 4.39 Å². The molecule has 25 heavy (non-hydrogen) atoms. The van der Waals surface area contributed by atoms with Crippen LogP contribution in [0.3, 0.4) is 0 Å². The fourth-order valence-corrected chi connectivity index (χ4v) is 3.08. The number of amides is 1. The molecule has 4 rings (SSSR count). The molecule has 0 atom stereocenters. The Morgan fingerprint density at radius 3 is 2.64 bits per heavy atom. The number of aromatic amines is 1. The van der Waals surface area contributed by atoms with E-state index in [1.165, 1.54) is 12.1 Å². The number of halogens is 1. The van der Waals surface area contributed by atoms with Gasteiger partial charge in [0.1, 0.15) is 11.5 Å². The number of anilines is 1. The van der Waals surface area contributed by atoms with Crippen LogP contribution >= 0.6 is 0 Å². The van der Waals surface area contributed by atoms with Crippen LogP contribution in [-0.4, -0.2) is 16.1 Å². The van der Waals surface area contributed by atoms with Crippen LogP contribution in [0.5, 0.6) is 0 Å². The molecule has 2 aromatic carbocycles. The Hall–Kier alpha value is -3.55. The molecule has 0 bridgehead atoms. The molecule has 1 aliphatic heterocycles. The highest BCUT2D eigenvalue weighted by atomic mass is 19.1. The van der Waals surface area contributed by atoms with Crippen molar-refractivity contribution in [2.45, 2.75) is 6.92 Å². The van der Waals surface area contributed by atoms with Gasteiger partial charge in [-0.1, -0.05) is 0 Å².